The molecule has 0 unspecified atom stereocenters. The number of rotatable bonds is 48. The van der Waals surface area contributed by atoms with E-state index >= 15 is 0 Å². The number of carbonyl (C=O) groups is 3. The van der Waals surface area contributed by atoms with E-state index in [0.29, 0.717) is 19.3 Å². The fraction of sp³-hybridized carbons (Fsp3) is 0.943. The van der Waals surface area contributed by atoms with Crippen LogP contribution >= 0.6 is 0 Å². The normalized spacial score (nSPS) is 11.9. The van der Waals surface area contributed by atoms with E-state index in [1.807, 2.05) is 0 Å². The third-order valence-electron chi connectivity index (χ3n) is 12.0. The zero-order valence-corrected chi connectivity index (χ0v) is 40.2. The first-order chi connectivity index (χ1) is 28.9. The molecule has 0 fully saturated rings. The summed E-state index contributed by atoms with van der Waals surface area (Å²) in [5.41, 5.74) is 0. The molecule has 6 heteroatoms. The maximum absolute atomic E-state index is 12.8. The summed E-state index contributed by atoms with van der Waals surface area (Å²) in [6, 6.07) is 0. The lowest BCUT2D eigenvalue weighted by molar-refractivity contribution is -0.167. The first-order valence-electron chi connectivity index (χ1n) is 26.4. The van der Waals surface area contributed by atoms with Crippen LogP contribution in [0.2, 0.25) is 0 Å². The van der Waals surface area contributed by atoms with Crippen molar-refractivity contribution in [2.24, 2.45) is 5.92 Å². The van der Waals surface area contributed by atoms with Gasteiger partial charge in [0.05, 0.1) is 0 Å². The highest BCUT2D eigenvalue weighted by molar-refractivity contribution is 5.71. The molecule has 0 bridgehead atoms. The van der Waals surface area contributed by atoms with Crippen molar-refractivity contribution in [3.05, 3.63) is 0 Å². The molecule has 0 heterocycles. The van der Waals surface area contributed by atoms with Gasteiger partial charge in [0.1, 0.15) is 13.2 Å². The number of carbonyl (C=O) groups excluding carboxylic acids is 3. The minimum atomic E-state index is -0.761. The predicted octanol–water partition coefficient (Wildman–Crippen LogP) is 17.1. The highest BCUT2D eigenvalue weighted by Gasteiger charge is 2.19. The summed E-state index contributed by atoms with van der Waals surface area (Å²) >= 11 is 0. The molecule has 350 valence electrons. The first kappa shape index (κ1) is 57.4. The molecule has 0 radical (unpaired) electrons. The molecule has 0 saturated heterocycles. The Kier molecular flexibility index (Phi) is 46.2. The van der Waals surface area contributed by atoms with Crippen LogP contribution < -0.4 is 0 Å². The van der Waals surface area contributed by atoms with Crippen LogP contribution in [0.15, 0.2) is 0 Å². The summed E-state index contributed by atoms with van der Waals surface area (Å²) in [6.45, 7) is 9.01. The van der Waals surface area contributed by atoms with Crippen molar-refractivity contribution in [3.8, 4) is 0 Å². The molecule has 0 spiro atoms. The second-order valence-corrected chi connectivity index (χ2v) is 18.6. The predicted molar refractivity (Wildman–Crippen MR) is 252 cm³/mol. The largest absolute Gasteiger partial charge is 0.462 e. The van der Waals surface area contributed by atoms with E-state index in [4.69, 9.17) is 14.2 Å². The van der Waals surface area contributed by atoms with Gasteiger partial charge in [0.25, 0.3) is 0 Å². The van der Waals surface area contributed by atoms with Crippen LogP contribution in [0.3, 0.4) is 0 Å². The van der Waals surface area contributed by atoms with Gasteiger partial charge in [-0.1, -0.05) is 259 Å². The van der Waals surface area contributed by atoms with E-state index in [1.165, 1.54) is 193 Å². The molecule has 0 aliphatic carbocycles. The summed E-state index contributed by atoms with van der Waals surface area (Å²) in [5.74, 6) is -0.0380. The molecule has 1 atom stereocenters. The molecule has 0 aliphatic rings. The molecule has 59 heavy (non-hydrogen) atoms. The first-order valence-corrected chi connectivity index (χ1v) is 26.4. The molecule has 0 aromatic heterocycles. The van der Waals surface area contributed by atoms with Gasteiger partial charge in [0.15, 0.2) is 6.10 Å². The molecule has 0 aliphatic heterocycles. The van der Waals surface area contributed by atoms with E-state index in [9.17, 15) is 14.4 Å². The van der Waals surface area contributed by atoms with Gasteiger partial charge < -0.3 is 14.2 Å². The highest BCUT2D eigenvalue weighted by Crippen LogP contribution is 2.17. The molecule has 0 aromatic carbocycles. The molecule has 0 amide bonds. The summed E-state index contributed by atoms with van der Waals surface area (Å²) < 4.78 is 16.8. The lowest BCUT2D eigenvalue weighted by Crippen LogP contribution is -2.30. The zero-order valence-electron chi connectivity index (χ0n) is 40.2. The van der Waals surface area contributed by atoms with Gasteiger partial charge in [-0.3, -0.25) is 14.4 Å². The molecular weight excluding hydrogens is 733 g/mol. The Bertz CT molecular complexity index is 887. The molecule has 0 rings (SSSR count). The smallest absolute Gasteiger partial charge is 0.306 e. The quantitative estimate of drug-likeness (QED) is 0.0345. The Morgan fingerprint density at radius 3 is 0.831 bits per heavy atom. The number of hydrogen-bond donors (Lipinski definition) is 0. The standard InChI is InChI=1S/C53H102O6/c1-5-7-9-11-13-15-17-19-20-21-23-25-29-33-37-41-45-52(55)58-48-50(59-53(56)46-42-38-34-30-26-27-31-35-39-43-49(3)4)47-57-51(54)44-40-36-32-28-24-22-18-16-14-12-10-8-6-2/h49-50H,5-48H2,1-4H3/t50-/m1/s1. The third-order valence-corrected chi connectivity index (χ3v) is 12.0. The Morgan fingerprint density at radius 2 is 0.559 bits per heavy atom. The van der Waals surface area contributed by atoms with E-state index in [-0.39, 0.29) is 31.1 Å². The van der Waals surface area contributed by atoms with Crippen LogP contribution in [0, 0.1) is 5.92 Å². The fourth-order valence-electron chi connectivity index (χ4n) is 8.04. The van der Waals surface area contributed by atoms with Gasteiger partial charge in [0.2, 0.25) is 0 Å². The van der Waals surface area contributed by atoms with Gasteiger partial charge in [-0.15, -0.1) is 0 Å². The Morgan fingerprint density at radius 1 is 0.322 bits per heavy atom. The van der Waals surface area contributed by atoms with Gasteiger partial charge in [-0.05, 0) is 25.2 Å². The van der Waals surface area contributed by atoms with Gasteiger partial charge >= 0.3 is 17.9 Å². The maximum atomic E-state index is 12.8. The highest BCUT2D eigenvalue weighted by atomic mass is 16.6. The molecular formula is C53H102O6. The van der Waals surface area contributed by atoms with Crippen molar-refractivity contribution in [2.75, 3.05) is 13.2 Å². The van der Waals surface area contributed by atoms with Crippen molar-refractivity contribution < 1.29 is 28.6 Å². The SMILES string of the molecule is CCCCCCCCCCCCCCCCCCC(=O)OC[C@@H](COC(=O)CCCCCCCCCCCCCCC)OC(=O)CCCCCCCCCCCC(C)C. The molecule has 6 nitrogen and oxygen atoms in total. The number of esters is 3. The minimum absolute atomic E-state index is 0.0629. The van der Waals surface area contributed by atoms with E-state index in [2.05, 4.69) is 27.7 Å². The number of unbranched alkanes of at least 4 members (excludes halogenated alkanes) is 35. The topological polar surface area (TPSA) is 78.9 Å². The van der Waals surface area contributed by atoms with Gasteiger partial charge in [-0.25, -0.2) is 0 Å². The molecule has 0 saturated carbocycles. The Labute approximate surface area is 368 Å². The van der Waals surface area contributed by atoms with Crippen molar-refractivity contribution in [1.29, 1.82) is 0 Å². The van der Waals surface area contributed by atoms with Crippen molar-refractivity contribution >= 4 is 17.9 Å². The lowest BCUT2D eigenvalue weighted by Gasteiger charge is -2.18. The van der Waals surface area contributed by atoms with E-state index in [0.717, 1.165) is 63.7 Å². The molecule has 0 N–H and O–H groups in total. The second kappa shape index (κ2) is 47.5. The summed E-state index contributed by atoms with van der Waals surface area (Å²) in [4.78, 5) is 37.9. The third kappa shape index (κ3) is 47.3. The maximum Gasteiger partial charge on any atom is 0.306 e. The van der Waals surface area contributed by atoms with Crippen LogP contribution in [0.1, 0.15) is 297 Å². The van der Waals surface area contributed by atoms with E-state index < -0.39 is 6.10 Å². The van der Waals surface area contributed by atoms with E-state index in [1.54, 1.807) is 0 Å². The number of ether oxygens (including phenoxy) is 3. The van der Waals surface area contributed by atoms with Crippen molar-refractivity contribution in [3.63, 3.8) is 0 Å². The monoisotopic (exact) mass is 835 g/mol. The summed E-state index contributed by atoms with van der Waals surface area (Å²) in [6.07, 6.45) is 49.4. The second-order valence-electron chi connectivity index (χ2n) is 18.6. The summed E-state index contributed by atoms with van der Waals surface area (Å²) in [5, 5.41) is 0. The fourth-order valence-corrected chi connectivity index (χ4v) is 8.04. The number of hydrogen-bond acceptors (Lipinski definition) is 6. The average Bonchev–Trinajstić information content (AvgIpc) is 3.22. The van der Waals surface area contributed by atoms with Crippen LogP contribution in [0.25, 0.3) is 0 Å². The average molecular weight is 835 g/mol. The van der Waals surface area contributed by atoms with Crippen LogP contribution in [-0.4, -0.2) is 37.2 Å². The van der Waals surface area contributed by atoms with Crippen LogP contribution in [0.4, 0.5) is 0 Å². The Hall–Kier alpha value is -1.59. The molecule has 0 aromatic rings. The van der Waals surface area contributed by atoms with Gasteiger partial charge in [0, 0.05) is 19.3 Å². The van der Waals surface area contributed by atoms with Crippen LogP contribution in [-0.2, 0) is 28.6 Å². The Balaban J connectivity index is 4.29. The summed E-state index contributed by atoms with van der Waals surface area (Å²) in [7, 11) is 0. The van der Waals surface area contributed by atoms with Gasteiger partial charge in [-0.2, -0.15) is 0 Å². The van der Waals surface area contributed by atoms with Crippen LogP contribution in [0.5, 0.6) is 0 Å². The van der Waals surface area contributed by atoms with Crippen molar-refractivity contribution in [2.45, 2.75) is 303 Å². The minimum Gasteiger partial charge on any atom is -0.462 e. The lowest BCUT2D eigenvalue weighted by atomic mass is 10.0. The zero-order chi connectivity index (χ0) is 43.1. The van der Waals surface area contributed by atoms with Crippen molar-refractivity contribution in [1.82, 2.24) is 0 Å².